The molecule has 0 saturated carbocycles. The molecule has 1 aromatic rings. The monoisotopic (exact) mass is 280 g/mol. The van der Waals surface area contributed by atoms with Crippen LogP contribution >= 0.6 is 11.8 Å². The lowest BCUT2D eigenvalue weighted by molar-refractivity contribution is 0.0949. The first-order valence-corrected chi connectivity index (χ1v) is 7.65. The molecule has 1 amide bonds. The molecule has 1 aliphatic heterocycles. The van der Waals surface area contributed by atoms with Crippen LogP contribution in [0.4, 0.5) is 5.69 Å². The lowest BCUT2D eigenvalue weighted by atomic mass is 10.2. The molecule has 1 fully saturated rings. The first-order chi connectivity index (χ1) is 9.08. The predicted molar refractivity (Wildman–Crippen MR) is 78.3 cm³/mol. The summed E-state index contributed by atoms with van der Waals surface area (Å²) in [5, 5.41) is 3.44. The van der Waals surface area contributed by atoms with Crippen LogP contribution in [-0.4, -0.2) is 33.4 Å². The van der Waals surface area contributed by atoms with Gasteiger partial charge in [-0.25, -0.2) is 9.97 Å². The van der Waals surface area contributed by atoms with Crippen LogP contribution in [0.5, 0.6) is 0 Å². The molecule has 1 atom stereocenters. The fourth-order valence-corrected chi connectivity index (χ4v) is 3.16. The molecule has 1 aromatic heterocycles. The van der Waals surface area contributed by atoms with Gasteiger partial charge in [0.25, 0.3) is 5.91 Å². The van der Waals surface area contributed by atoms with Crippen LogP contribution in [0.3, 0.4) is 0 Å². The van der Waals surface area contributed by atoms with Crippen molar-refractivity contribution in [3.8, 4) is 0 Å². The van der Waals surface area contributed by atoms with Crippen molar-refractivity contribution < 1.29 is 4.79 Å². The number of aromatic nitrogens is 2. The molecule has 6 heteroatoms. The summed E-state index contributed by atoms with van der Waals surface area (Å²) in [4.78, 5) is 20.5. The van der Waals surface area contributed by atoms with Crippen LogP contribution in [0.25, 0.3) is 0 Å². The van der Waals surface area contributed by atoms with Gasteiger partial charge in [0, 0.05) is 17.7 Å². The van der Waals surface area contributed by atoms with Crippen LogP contribution in [0.2, 0.25) is 0 Å². The fourth-order valence-electron chi connectivity index (χ4n) is 1.96. The zero-order valence-electron chi connectivity index (χ0n) is 11.3. The number of hydrogen-bond donors (Lipinski definition) is 2. The van der Waals surface area contributed by atoms with Gasteiger partial charge in [-0.05, 0) is 18.6 Å². The highest BCUT2D eigenvalue weighted by atomic mass is 32.2. The van der Waals surface area contributed by atoms with E-state index in [0.717, 1.165) is 0 Å². The van der Waals surface area contributed by atoms with Crippen LogP contribution < -0.4 is 11.1 Å². The molecule has 3 N–H and O–H groups in total. The second-order valence-corrected chi connectivity index (χ2v) is 6.44. The van der Waals surface area contributed by atoms with Gasteiger partial charge in [0.1, 0.15) is 5.82 Å². The third-order valence-electron chi connectivity index (χ3n) is 3.08. The molecule has 0 spiro atoms. The normalized spacial score (nSPS) is 18.8. The molecule has 0 aliphatic carbocycles. The van der Waals surface area contributed by atoms with E-state index in [1.165, 1.54) is 24.8 Å². The Morgan fingerprint density at radius 1 is 1.63 bits per heavy atom. The minimum atomic E-state index is -0.200. The fraction of sp³-hybridized carbons (Fsp3) is 0.615. The summed E-state index contributed by atoms with van der Waals surface area (Å²) in [6, 6.07) is 0. The number of nitrogens with zero attached hydrogens (tertiary/aromatic N) is 2. The Balaban J connectivity index is 2.02. The number of carbonyl (C=O) groups excluding carboxylic acids is 1. The number of thioether (sulfide) groups is 1. The van der Waals surface area contributed by atoms with E-state index in [9.17, 15) is 4.79 Å². The quantitative estimate of drug-likeness (QED) is 0.879. The smallest absolute Gasteiger partial charge is 0.272 e. The SMILES string of the molecule is CC(C)c1ncc(N)c(C(=O)NCC2CCCS2)n1. The number of nitrogens with two attached hydrogens (primary N) is 1. The number of amides is 1. The minimum absolute atomic E-state index is 0.178. The van der Waals surface area contributed by atoms with E-state index in [2.05, 4.69) is 15.3 Å². The first kappa shape index (κ1) is 14.1. The second-order valence-electron chi connectivity index (χ2n) is 5.03. The summed E-state index contributed by atoms with van der Waals surface area (Å²) in [6.45, 7) is 4.66. The Morgan fingerprint density at radius 3 is 3.05 bits per heavy atom. The highest BCUT2D eigenvalue weighted by Gasteiger charge is 2.19. The van der Waals surface area contributed by atoms with E-state index in [1.54, 1.807) is 0 Å². The van der Waals surface area contributed by atoms with Gasteiger partial charge in [0.15, 0.2) is 5.69 Å². The molecule has 5 nitrogen and oxygen atoms in total. The van der Waals surface area contributed by atoms with Gasteiger partial charge in [0.05, 0.1) is 11.9 Å². The Bertz CT molecular complexity index is 458. The highest BCUT2D eigenvalue weighted by molar-refractivity contribution is 8.00. The van der Waals surface area contributed by atoms with Gasteiger partial charge in [-0.1, -0.05) is 13.8 Å². The summed E-state index contributed by atoms with van der Waals surface area (Å²) < 4.78 is 0. The van der Waals surface area contributed by atoms with Gasteiger partial charge in [0.2, 0.25) is 0 Å². The summed E-state index contributed by atoms with van der Waals surface area (Å²) in [5.41, 5.74) is 6.41. The van der Waals surface area contributed by atoms with E-state index >= 15 is 0 Å². The summed E-state index contributed by atoms with van der Waals surface area (Å²) in [5.74, 6) is 1.81. The molecular formula is C13H20N4OS. The Kier molecular flexibility index (Phi) is 4.63. The van der Waals surface area contributed by atoms with Gasteiger partial charge < -0.3 is 11.1 Å². The summed E-state index contributed by atoms with van der Waals surface area (Å²) >= 11 is 1.91. The molecule has 0 aromatic carbocycles. The molecule has 2 rings (SSSR count). The third kappa shape index (κ3) is 3.59. The van der Waals surface area contributed by atoms with Crippen molar-refractivity contribution in [2.24, 2.45) is 0 Å². The largest absolute Gasteiger partial charge is 0.396 e. The first-order valence-electron chi connectivity index (χ1n) is 6.60. The van der Waals surface area contributed by atoms with Gasteiger partial charge in [-0.2, -0.15) is 11.8 Å². The second kappa shape index (κ2) is 6.23. The van der Waals surface area contributed by atoms with Crippen molar-refractivity contribution in [2.45, 2.75) is 37.9 Å². The lowest BCUT2D eigenvalue weighted by Crippen LogP contribution is -2.31. The predicted octanol–water partition coefficient (Wildman–Crippen LogP) is 1.81. The molecule has 19 heavy (non-hydrogen) atoms. The van der Waals surface area contributed by atoms with Crippen molar-refractivity contribution >= 4 is 23.4 Å². The molecule has 0 radical (unpaired) electrons. The number of rotatable bonds is 4. The van der Waals surface area contributed by atoms with Crippen LogP contribution in [0.1, 0.15) is 48.9 Å². The maximum atomic E-state index is 12.1. The topological polar surface area (TPSA) is 80.9 Å². The summed E-state index contributed by atoms with van der Waals surface area (Å²) in [6.07, 6.45) is 3.92. The highest BCUT2D eigenvalue weighted by Crippen LogP contribution is 2.25. The van der Waals surface area contributed by atoms with Crippen molar-refractivity contribution in [2.75, 3.05) is 18.0 Å². The van der Waals surface area contributed by atoms with Crippen LogP contribution in [0, 0.1) is 0 Å². The van der Waals surface area contributed by atoms with E-state index < -0.39 is 0 Å². The number of nitrogens with one attached hydrogen (secondary N) is 1. The average molecular weight is 280 g/mol. The molecule has 1 saturated heterocycles. The van der Waals surface area contributed by atoms with Crippen molar-refractivity contribution in [3.05, 3.63) is 17.7 Å². The van der Waals surface area contributed by atoms with E-state index in [1.807, 2.05) is 25.6 Å². The van der Waals surface area contributed by atoms with Crippen LogP contribution in [0.15, 0.2) is 6.20 Å². The van der Waals surface area contributed by atoms with Crippen LogP contribution in [-0.2, 0) is 0 Å². The van der Waals surface area contributed by atoms with E-state index in [4.69, 9.17) is 5.73 Å². The maximum Gasteiger partial charge on any atom is 0.272 e. The number of hydrogen-bond acceptors (Lipinski definition) is 5. The third-order valence-corrected chi connectivity index (χ3v) is 4.48. The van der Waals surface area contributed by atoms with Crippen molar-refractivity contribution in [1.29, 1.82) is 0 Å². The van der Waals surface area contributed by atoms with Gasteiger partial charge in [-0.15, -0.1) is 0 Å². The molecular weight excluding hydrogens is 260 g/mol. The van der Waals surface area contributed by atoms with Gasteiger partial charge >= 0.3 is 0 Å². The standard InChI is InChI=1S/C13H20N4OS/c1-8(2)12-15-7-10(14)11(17-12)13(18)16-6-9-4-3-5-19-9/h7-9H,3-6,14H2,1-2H3,(H,16,18). The molecule has 1 aliphatic rings. The zero-order valence-corrected chi connectivity index (χ0v) is 12.2. The van der Waals surface area contributed by atoms with E-state index in [0.29, 0.717) is 29.0 Å². The summed E-state index contributed by atoms with van der Waals surface area (Å²) in [7, 11) is 0. The maximum absolute atomic E-state index is 12.1. The Morgan fingerprint density at radius 2 is 2.42 bits per heavy atom. The number of carbonyl (C=O) groups is 1. The lowest BCUT2D eigenvalue weighted by Gasteiger charge is -2.12. The van der Waals surface area contributed by atoms with Crippen molar-refractivity contribution in [1.82, 2.24) is 15.3 Å². The Hall–Kier alpha value is -1.30. The molecule has 104 valence electrons. The zero-order chi connectivity index (χ0) is 13.8. The van der Waals surface area contributed by atoms with Gasteiger partial charge in [-0.3, -0.25) is 4.79 Å². The number of anilines is 1. The molecule has 2 heterocycles. The Labute approximate surface area is 117 Å². The van der Waals surface area contributed by atoms with Crippen molar-refractivity contribution in [3.63, 3.8) is 0 Å². The van der Waals surface area contributed by atoms with E-state index in [-0.39, 0.29) is 11.8 Å². The molecule has 1 unspecified atom stereocenters. The molecule has 0 bridgehead atoms. The minimum Gasteiger partial charge on any atom is -0.396 e. The average Bonchev–Trinajstić information content (AvgIpc) is 2.89. The number of nitrogen functional groups attached to an aromatic ring is 1.